The Balaban J connectivity index is 1.72. The number of nitrogens with one attached hydrogen (secondary N) is 2. The number of fused-ring (bicyclic) bond motifs is 1. The van der Waals surface area contributed by atoms with E-state index in [4.69, 9.17) is 10.5 Å². The van der Waals surface area contributed by atoms with Gasteiger partial charge in [0.15, 0.2) is 0 Å². The molecule has 1 aliphatic rings. The van der Waals surface area contributed by atoms with Crippen LogP contribution in [0, 0.1) is 0 Å². The van der Waals surface area contributed by atoms with Gasteiger partial charge in [0.1, 0.15) is 11.6 Å². The standard InChI is InChI=1S/C19H21N3O2/c1-24-17-9-5-3-6-13(17)10-11-21-19-15(18(20)23)12-14-7-2-4-8-16(14)22-19/h2-9,21-22H,10-12H2,1H3,(H2,20,23). The molecule has 4 N–H and O–H groups in total. The summed E-state index contributed by atoms with van der Waals surface area (Å²) < 4.78 is 5.36. The molecule has 0 spiro atoms. The van der Waals surface area contributed by atoms with Gasteiger partial charge in [-0.2, -0.15) is 0 Å². The van der Waals surface area contributed by atoms with Crippen LogP contribution in [0.25, 0.3) is 0 Å². The zero-order valence-electron chi connectivity index (χ0n) is 13.6. The number of amides is 1. The third kappa shape index (κ3) is 3.35. The second kappa shape index (κ2) is 7.08. The van der Waals surface area contributed by atoms with Gasteiger partial charge >= 0.3 is 0 Å². The number of rotatable bonds is 6. The Hall–Kier alpha value is -2.95. The summed E-state index contributed by atoms with van der Waals surface area (Å²) in [6, 6.07) is 15.8. The zero-order chi connectivity index (χ0) is 16.9. The summed E-state index contributed by atoms with van der Waals surface area (Å²) in [6.07, 6.45) is 1.32. The van der Waals surface area contributed by atoms with Gasteiger partial charge in [0, 0.05) is 18.7 Å². The Morgan fingerprint density at radius 2 is 1.96 bits per heavy atom. The highest BCUT2D eigenvalue weighted by molar-refractivity contribution is 5.95. The summed E-state index contributed by atoms with van der Waals surface area (Å²) in [6.45, 7) is 0.668. The second-order valence-corrected chi connectivity index (χ2v) is 5.67. The minimum absolute atomic E-state index is 0.406. The Bertz CT molecular complexity index is 784. The number of ether oxygens (including phenoxy) is 1. The lowest BCUT2D eigenvalue weighted by Gasteiger charge is -2.24. The van der Waals surface area contributed by atoms with Crippen molar-refractivity contribution in [1.29, 1.82) is 0 Å². The fourth-order valence-electron chi connectivity index (χ4n) is 2.88. The van der Waals surface area contributed by atoms with Crippen molar-refractivity contribution in [3.05, 3.63) is 71.1 Å². The number of benzene rings is 2. The van der Waals surface area contributed by atoms with Gasteiger partial charge in [-0.05, 0) is 29.7 Å². The van der Waals surface area contributed by atoms with Crippen LogP contribution in [0.2, 0.25) is 0 Å². The summed E-state index contributed by atoms with van der Waals surface area (Å²) >= 11 is 0. The number of hydrogen-bond donors (Lipinski definition) is 3. The number of anilines is 1. The predicted octanol–water partition coefficient (Wildman–Crippen LogP) is 2.19. The average Bonchev–Trinajstić information content (AvgIpc) is 2.61. The van der Waals surface area contributed by atoms with Crippen LogP contribution in [0.4, 0.5) is 5.69 Å². The van der Waals surface area contributed by atoms with E-state index in [1.165, 1.54) is 0 Å². The van der Waals surface area contributed by atoms with Crippen LogP contribution in [0.1, 0.15) is 11.1 Å². The molecule has 1 aliphatic heterocycles. The van der Waals surface area contributed by atoms with Gasteiger partial charge in [-0.15, -0.1) is 0 Å². The summed E-state index contributed by atoms with van der Waals surface area (Å²) in [5.41, 5.74) is 9.31. The van der Waals surface area contributed by atoms with Crippen molar-refractivity contribution in [2.24, 2.45) is 5.73 Å². The van der Waals surface area contributed by atoms with Gasteiger partial charge in [-0.25, -0.2) is 0 Å². The lowest BCUT2D eigenvalue weighted by Crippen LogP contribution is -2.32. The highest BCUT2D eigenvalue weighted by atomic mass is 16.5. The van der Waals surface area contributed by atoms with E-state index in [1.807, 2.05) is 48.5 Å². The van der Waals surface area contributed by atoms with Crippen LogP contribution in [-0.4, -0.2) is 19.6 Å². The monoisotopic (exact) mass is 323 g/mol. The van der Waals surface area contributed by atoms with E-state index in [0.29, 0.717) is 24.4 Å². The Morgan fingerprint density at radius 1 is 1.21 bits per heavy atom. The summed E-state index contributed by atoms with van der Waals surface area (Å²) in [7, 11) is 1.67. The minimum Gasteiger partial charge on any atom is -0.496 e. The van der Waals surface area contributed by atoms with Crippen LogP contribution in [0.3, 0.4) is 0 Å². The van der Waals surface area contributed by atoms with Crippen LogP contribution in [-0.2, 0) is 17.6 Å². The lowest BCUT2D eigenvalue weighted by atomic mass is 9.99. The first-order valence-corrected chi connectivity index (χ1v) is 7.92. The summed E-state index contributed by atoms with van der Waals surface area (Å²) in [4.78, 5) is 11.8. The topological polar surface area (TPSA) is 76.4 Å². The molecule has 2 aromatic rings. The van der Waals surface area contributed by atoms with Crippen molar-refractivity contribution in [2.45, 2.75) is 12.8 Å². The lowest BCUT2D eigenvalue weighted by molar-refractivity contribution is -0.114. The van der Waals surface area contributed by atoms with Gasteiger partial charge in [0.25, 0.3) is 0 Å². The molecule has 1 heterocycles. The molecule has 124 valence electrons. The number of methoxy groups -OCH3 is 1. The third-order valence-corrected chi connectivity index (χ3v) is 4.13. The van der Waals surface area contributed by atoms with E-state index in [2.05, 4.69) is 10.6 Å². The number of hydrogen-bond acceptors (Lipinski definition) is 4. The molecule has 0 saturated heterocycles. The van der Waals surface area contributed by atoms with Gasteiger partial charge in [-0.3, -0.25) is 4.79 Å². The number of nitrogens with two attached hydrogens (primary N) is 1. The number of primary amides is 1. The van der Waals surface area contributed by atoms with Crippen LogP contribution in [0.5, 0.6) is 5.75 Å². The molecular formula is C19H21N3O2. The molecule has 2 aromatic carbocycles. The average molecular weight is 323 g/mol. The van der Waals surface area contributed by atoms with Crippen molar-refractivity contribution < 1.29 is 9.53 Å². The molecule has 0 atom stereocenters. The molecule has 0 bridgehead atoms. The smallest absolute Gasteiger partial charge is 0.248 e. The third-order valence-electron chi connectivity index (χ3n) is 4.13. The quantitative estimate of drug-likeness (QED) is 0.762. The van der Waals surface area contributed by atoms with E-state index in [9.17, 15) is 4.79 Å². The molecular weight excluding hydrogens is 302 g/mol. The molecule has 0 aromatic heterocycles. The van der Waals surface area contributed by atoms with Gasteiger partial charge in [-0.1, -0.05) is 36.4 Å². The second-order valence-electron chi connectivity index (χ2n) is 5.67. The molecule has 24 heavy (non-hydrogen) atoms. The molecule has 0 radical (unpaired) electrons. The molecule has 0 fully saturated rings. The first-order valence-electron chi connectivity index (χ1n) is 7.92. The van der Waals surface area contributed by atoms with Crippen LogP contribution >= 0.6 is 0 Å². The molecule has 5 heteroatoms. The molecule has 1 amide bonds. The highest BCUT2D eigenvalue weighted by Crippen LogP contribution is 2.26. The first kappa shape index (κ1) is 15.9. The van der Waals surface area contributed by atoms with E-state index in [1.54, 1.807) is 7.11 Å². The Labute approximate surface area is 141 Å². The van der Waals surface area contributed by atoms with Crippen molar-refractivity contribution in [1.82, 2.24) is 5.32 Å². The van der Waals surface area contributed by atoms with Crippen LogP contribution < -0.4 is 21.1 Å². The molecule has 5 nitrogen and oxygen atoms in total. The SMILES string of the molecule is COc1ccccc1CCNC1=C(C(N)=O)Cc2ccccc2N1. The minimum atomic E-state index is -0.406. The van der Waals surface area contributed by atoms with E-state index < -0.39 is 5.91 Å². The maximum absolute atomic E-state index is 11.8. The van der Waals surface area contributed by atoms with Crippen molar-refractivity contribution in [3.8, 4) is 5.75 Å². The Kier molecular flexibility index (Phi) is 4.70. The molecule has 3 rings (SSSR count). The molecule has 0 aliphatic carbocycles. The van der Waals surface area contributed by atoms with Crippen molar-refractivity contribution >= 4 is 11.6 Å². The van der Waals surface area contributed by atoms with Gasteiger partial charge in [0.2, 0.25) is 5.91 Å². The fraction of sp³-hybridized carbons (Fsp3) is 0.211. The van der Waals surface area contributed by atoms with Crippen molar-refractivity contribution in [2.75, 3.05) is 19.0 Å². The fourth-order valence-corrected chi connectivity index (χ4v) is 2.88. The highest BCUT2D eigenvalue weighted by Gasteiger charge is 2.20. The molecule has 0 saturated carbocycles. The van der Waals surface area contributed by atoms with Crippen molar-refractivity contribution in [3.63, 3.8) is 0 Å². The number of carbonyl (C=O) groups excluding carboxylic acids is 1. The van der Waals surface area contributed by atoms with Gasteiger partial charge in [0.05, 0.1) is 12.7 Å². The normalized spacial score (nSPS) is 13.0. The maximum atomic E-state index is 11.8. The first-order chi connectivity index (χ1) is 11.7. The number of carbonyl (C=O) groups is 1. The zero-order valence-corrected chi connectivity index (χ0v) is 13.6. The maximum Gasteiger partial charge on any atom is 0.248 e. The van der Waals surface area contributed by atoms with E-state index in [0.717, 1.165) is 29.0 Å². The Morgan fingerprint density at radius 3 is 2.75 bits per heavy atom. The predicted molar refractivity (Wildman–Crippen MR) is 94.7 cm³/mol. The van der Waals surface area contributed by atoms with Crippen LogP contribution in [0.15, 0.2) is 59.9 Å². The molecule has 0 unspecified atom stereocenters. The van der Waals surface area contributed by atoms with E-state index in [-0.39, 0.29) is 0 Å². The largest absolute Gasteiger partial charge is 0.496 e. The van der Waals surface area contributed by atoms with E-state index >= 15 is 0 Å². The van der Waals surface area contributed by atoms with Gasteiger partial charge < -0.3 is 21.1 Å². The summed E-state index contributed by atoms with van der Waals surface area (Å²) in [5, 5.41) is 6.59. The summed E-state index contributed by atoms with van der Waals surface area (Å²) in [5.74, 6) is 1.15. The number of para-hydroxylation sites is 2.